The van der Waals surface area contributed by atoms with Crippen LogP contribution in [0.1, 0.15) is 34.3 Å². The number of hydrogen-bond donors (Lipinski definition) is 1. The van der Waals surface area contributed by atoms with Crippen molar-refractivity contribution in [2.45, 2.75) is 32.7 Å². The summed E-state index contributed by atoms with van der Waals surface area (Å²) in [7, 11) is 0. The van der Waals surface area contributed by atoms with Crippen LogP contribution < -0.4 is 0 Å². The summed E-state index contributed by atoms with van der Waals surface area (Å²) in [5, 5.41) is 8.95. The van der Waals surface area contributed by atoms with Crippen molar-refractivity contribution >= 4 is 23.2 Å². The summed E-state index contributed by atoms with van der Waals surface area (Å²) in [6.07, 6.45) is 1.98. The Balaban J connectivity index is 2.10. The summed E-state index contributed by atoms with van der Waals surface area (Å²) in [5.74, 6) is -1.39. The van der Waals surface area contributed by atoms with Crippen LogP contribution in [0.15, 0.2) is 12.1 Å². The molecule has 1 N–H and O–H groups in total. The molecule has 1 unspecified atom stereocenters. The Kier molecular flexibility index (Phi) is 3.71. The van der Waals surface area contributed by atoms with E-state index in [9.17, 15) is 9.59 Å². The van der Waals surface area contributed by atoms with Crippen molar-refractivity contribution in [3.63, 3.8) is 0 Å². The fourth-order valence-electron chi connectivity index (χ4n) is 1.85. The Labute approximate surface area is 110 Å². The first-order valence-electron chi connectivity index (χ1n) is 6.09. The molecule has 1 saturated carbocycles. The Hall–Kier alpha value is -1.36. The normalized spacial score (nSPS) is 16.3. The Morgan fingerprint density at radius 2 is 2.17 bits per heavy atom. The van der Waals surface area contributed by atoms with Crippen LogP contribution in [0.4, 0.5) is 0 Å². The molecule has 1 amide bonds. The molecule has 18 heavy (non-hydrogen) atoms. The second-order valence-electron chi connectivity index (χ2n) is 4.84. The topological polar surface area (TPSA) is 57.6 Å². The highest BCUT2D eigenvalue weighted by Gasteiger charge is 2.35. The molecule has 1 heterocycles. The Morgan fingerprint density at radius 3 is 2.61 bits per heavy atom. The number of hydrogen-bond acceptors (Lipinski definition) is 3. The van der Waals surface area contributed by atoms with Gasteiger partial charge in [-0.2, -0.15) is 0 Å². The van der Waals surface area contributed by atoms with Crippen LogP contribution in [-0.2, 0) is 4.79 Å². The van der Waals surface area contributed by atoms with Gasteiger partial charge in [0.05, 0.1) is 10.8 Å². The second kappa shape index (κ2) is 5.10. The number of carbonyl (C=O) groups is 2. The SMILES string of the molecule is Cc1ccc(C(=O)N(CC(C)C(=O)O)C2CC2)s1. The smallest absolute Gasteiger partial charge is 0.308 e. The van der Waals surface area contributed by atoms with E-state index in [-0.39, 0.29) is 11.9 Å². The first kappa shape index (κ1) is 13.1. The van der Waals surface area contributed by atoms with Gasteiger partial charge in [-0.25, -0.2) is 0 Å². The largest absolute Gasteiger partial charge is 0.481 e. The first-order chi connectivity index (χ1) is 8.49. The molecule has 1 fully saturated rings. The predicted molar refractivity (Wildman–Crippen MR) is 69.9 cm³/mol. The lowest BCUT2D eigenvalue weighted by Crippen LogP contribution is -2.38. The maximum atomic E-state index is 12.3. The molecular formula is C13H17NO3S. The van der Waals surface area contributed by atoms with Crippen LogP contribution in [0.25, 0.3) is 0 Å². The highest BCUT2D eigenvalue weighted by atomic mass is 32.1. The molecule has 4 nitrogen and oxygen atoms in total. The first-order valence-corrected chi connectivity index (χ1v) is 6.91. The standard InChI is InChI=1S/C13H17NO3S/c1-8(13(16)17)7-14(10-4-5-10)12(15)11-6-3-9(2)18-11/h3,6,8,10H,4-5,7H2,1-2H3,(H,16,17). The van der Waals surface area contributed by atoms with E-state index in [0.717, 1.165) is 17.7 Å². The third-order valence-corrected chi connectivity index (χ3v) is 4.08. The van der Waals surface area contributed by atoms with E-state index in [1.54, 1.807) is 11.8 Å². The molecule has 98 valence electrons. The van der Waals surface area contributed by atoms with Gasteiger partial charge >= 0.3 is 5.97 Å². The third-order valence-electron chi connectivity index (χ3n) is 3.09. The zero-order chi connectivity index (χ0) is 13.3. The lowest BCUT2D eigenvalue weighted by Gasteiger charge is -2.23. The molecule has 1 aromatic heterocycles. The Bertz CT molecular complexity index is 465. The van der Waals surface area contributed by atoms with Gasteiger partial charge in [0.2, 0.25) is 0 Å². The molecule has 0 radical (unpaired) electrons. The second-order valence-corrected chi connectivity index (χ2v) is 6.13. The molecule has 1 aliphatic rings. The van der Waals surface area contributed by atoms with Gasteiger partial charge in [0.15, 0.2) is 0 Å². The molecule has 5 heteroatoms. The van der Waals surface area contributed by atoms with Gasteiger partial charge in [-0.3, -0.25) is 9.59 Å². The fraction of sp³-hybridized carbons (Fsp3) is 0.538. The number of thiophene rings is 1. The van der Waals surface area contributed by atoms with Gasteiger partial charge in [-0.1, -0.05) is 6.92 Å². The highest BCUT2D eigenvalue weighted by molar-refractivity contribution is 7.13. The average Bonchev–Trinajstić information content (AvgIpc) is 3.07. The average molecular weight is 267 g/mol. The van der Waals surface area contributed by atoms with E-state index in [0.29, 0.717) is 11.4 Å². The monoisotopic (exact) mass is 267 g/mol. The van der Waals surface area contributed by atoms with E-state index >= 15 is 0 Å². The number of aliphatic carboxylic acids is 1. The van der Waals surface area contributed by atoms with Crippen molar-refractivity contribution in [2.75, 3.05) is 6.54 Å². The van der Waals surface area contributed by atoms with Crippen LogP contribution >= 0.6 is 11.3 Å². The van der Waals surface area contributed by atoms with E-state index in [1.807, 2.05) is 19.1 Å². The molecule has 1 aliphatic carbocycles. The van der Waals surface area contributed by atoms with E-state index in [1.165, 1.54) is 11.3 Å². The highest BCUT2D eigenvalue weighted by Crippen LogP contribution is 2.30. The van der Waals surface area contributed by atoms with Crippen molar-refractivity contribution in [1.29, 1.82) is 0 Å². The minimum atomic E-state index is -0.851. The lowest BCUT2D eigenvalue weighted by atomic mass is 10.1. The van der Waals surface area contributed by atoms with Crippen LogP contribution in [0.3, 0.4) is 0 Å². The maximum absolute atomic E-state index is 12.3. The molecule has 2 rings (SSSR count). The number of amides is 1. The molecule has 0 saturated heterocycles. The number of nitrogens with zero attached hydrogens (tertiary/aromatic N) is 1. The predicted octanol–water partition coefficient (Wildman–Crippen LogP) is 2.38. The summed E-state index contributed by atoms with van der Waals surface area (Å²) in [4.78, 5) is 26.8. The van der Waals surface area contributed by atoms with Gasteiger partial charge < -0.3 is 10.0 Å². The van der Waals surface area contributed by atoms with Crippen LogP contribution in [0.5, 0.6) is 0 Å². The lowest BCUT2D eigenvalue weighted by molar-refractivity contribution is -0.141. The van der Waals surface area contributed by atoms with Crippen LogP contribution in [0, 0.1) is 12.8 Å². The molecule has 1 atom stereocenters. The number of carboxylic acid groups (broad SMARTS) is 1. The van der Waals surface area contributed by atoms with Gasteiger partial charge in [-0.05, 0) is 31.9 Å². The van der Waals surface area contributed by atoms with E-state index < -0.39 is 11.9 Å². The summed E-state index contributed by atoms with van der Waals surface area (Å²) in [5.41, 5.74) is 0. The summed E-state index contributed by atoms with van der Waals surface area (Å²) < 4.78 is 0. The fourth-order valence-corrected chi connectivity index (χ4v) is 2.67. The zero-order valence-corrected chi connectivity index (χ0v) is 11.4. The molecule has 1 aromatic rings. The maximum Gasteiger partial charge on any atom is 0.308 e. The zero-order valence-electron chi connectivity index (χ0n) is 10.5. The van der Waals surface area contributed by atoms with Crippen LogP contribution in [0.2, 0.25) is 0 Å². The summed E-state index contributed by atoms with van der Waals surface area (Å²) in [6.45, 7) is 3.91. The number of carboxylic acids is 1. The van der Waals surface area contributed by atoms with E-state index in [4.69, 9.17) is 5.11 Å². The van der Waals surface area contributed by atoms with Crippen molar-refractivity contribution in [2.24, 2.45) is 5.92 Å². The van der Waals surface area contributed by atoms with Gasteiger partial charge in [-0.15, -0.1) is 11.3 Å². The Morgan fingerprint density at radius 1 is 1.50 bits per heavy atom. The van der Waals surface area contributed by atoms with E-state index in [2.05, 4.69) is 0 Å². The molecule has 0 bridgehead atoms. The van der Waals surface area contributed by atoms with Gasteiger partial charge in [0, 0.05) is 17.5 Å². The van der Waals surface area contributed by atoms with Gasteiger partial charge in [0.25, 0.3) is 5.91 Å². The minimum absolute atomic E-state index is 0.0244. The quantitative estimate of drug-likeness (QED) is 0.891. The number of aryl methyl sites for hydroxylation is 1. The molecule has 0 spiro atoms. The third kappa shape index (κ3) is 2.90. The molecular weight excluding hydrogens is 250 g/mol. The van der Waals surface area contributed by atoms with Crippen molar-refractivity contribution in [1.82, 2.24) is 4.90 Å². The molecule has 0 aromatic carbocycles. The van der Waals surface area contributed by atoms with Crippen molar-refractivity contribution < 1.29 is 14.7 Å². The summed E-state index contributed by atoms with van der Waals surface area (Å²) >= 11 is 1.47. The summed E-state index contributed by atoms with van der Waals surface area (Å²) in [6, 6.07) is 3.98. The van der Waals surface area contributed by atoms with Crippen molar-refractivity contribution in [3.8, 4) is 0 Å². The van der Waals surface area contributed by atoms with Crippen LogP contribution in [-0.4, -0.2) is 34.5 Å². The molecule has 0 aliphatic heterocycles. The van der Waals surface area contributed by atoms with Gasteiger partial charge in [0.1, 0.15) is 0 Å². The minimum Gasteiger partial charge on any atom is -0.481 e. The van der Waals surface area contributed by atoms with Crippen molar-refractivity contribution in [3.05, 3.63) is 21.9 Å². The number of carbonyl (C=O) groups excluding carboxylic acids is 1. The number of rotatable bonds is 5.